The third-order valence-corrected chi connectivity index (χ3v) is 3.59. The molecule has 1 aliphatic heterocycles. The molecule has 1 aromatic carbocycles. The van der Waals surface area contributed by atoms with Crippen LogP contribution in [-0.2, 0) is 16.0 Å². The van der Waals surface area contributed by atoms with Gasteiger partial charge >= 0.3 is 0 Å². The first-order chi connectivity index (χ1) is 9.66. The molecule has 0 unspecified atom stereocenters. The zero-order chi connectivity index (χ0) is 14.4. The largest absolute Gasteiger partial charge is 0.370 e. The molecule has 5 nitrogen and oxygen atoms in total. The van der Waals surface area contributed by atoms with Crippen molar-refractivity contribution in [1.82, 2.24) is 10.2 Å². The van der Waals surface area contributed by atoms with E-state index in [1.165, 1.54) is 5.56 Å². The summed E-state index contributed by atoms with van der Waals surface area (Å²) in [6.07, 6.45) is 2.03. The number of piperazine rings is 1. The summed E-state index contributed by atoms with van der Waals surface area (Å²) in [6, 6.07) is 9.85. The van der Waals surface area contributed by atoms with Gasteiger partial charge in [0.2, 0.25) is 11.8 Å². The smallest absolute Gasteiger partial charge is 0.237 e. The molecule has 20 heavy (non-hydrogen) atoms. The van der Waals surface area contributed by atoms with Crippen LogP contribution >= 0.6 is 0 Å². The number of nitrogens with one attached hydrogen (secondary N) is 1. The molecule has 0 spiro atoms. The molecule has 3 N–H and O–H groups in total. The van der Waals surface area contributed by atoms with Crippen molar-refractivity contribution in [2.24, 2.45) is 5.73 Å². The Morgan fingerprint density at radius 1 is 1.35 bits per heavy atom. The Bertz CT molecular complexity index is 461. The molecule has 1 atom stereocenters. The number of amides is 2. The summed E-state index contributed by atoms with van der Waals surface area (Å²) in [5.74, 6) is -0.519. The van der Waals surface area contributed by atoms with Crippen molar-refractivity contribution in [2.75, 3.05) is 19.6 Å². The molecule has 1 heterocycles. The number of hydrogen-bond donors (Lipinski definition) is 2. The number of benzene rings is 1. The van der Waals surface area contributed by atoms with Crippen LogP contribution in [0.15, 0.2) is 30.3 Å². The molecule has 1 saturated heterocycles. The van der Waals surface area contributed by atoms with E-state index in [1.54, 1.807) is 0 Å². The quantitative estimate of drug-likeness (QED) is 0.784. The first-order valence-electron chi connectivity index (χ1n) is 7.01. The minimum Gasteiger partial charge on any atom is -0.370 e. The highest BCUT2D eigenvalue weighted by Crippen LogP contribution is 2.11. The van der Waals surface area contributed by atoms with Crippen LogP contribution in [0, 0.1) is 0 Å². The van der Waals surface area contributed by atoms with E-state index in [4.69, 9.17) is 5.73 Å². The van der Waals surface area contributed by atoms with Crippen molar-refractivity contribution >= 4 is 11.8 Å². The topological polar surface area (TPSA) is 75.4 Å². The lowest BCUT2D eigenvalue weighted by atomic mass is 10.1. The molecule has 0 saturated carbocycles. The van der Waals surface area contributed by atoms with Crippen LogP contribution in [0.2, 0.25) is 0 Å². The van der Waals surface area contributed by atoms with Gasteiger partial charge in [0, 0.05) is 13.1 Å². The minimum absolute atomic E-state index is 0.0882. The summed E-state index contributed by atoms with van der Waals surface area (Å²) in [4.78, 5) is 24.9. The van der Waals surface area contributed by atoms with E-state index in [-0.39, 0.29) is 12.3 Å². The van der Waals surface area contributed by atoms with Crippen LogP contribution in [0.25, 0.3) is 0 Å². The van der Waals surface area contributed by atoms with Gasteiger partial charge in [-0.2, -0.15) is 0 Å². The number of primary amides is 1. The van der Waals surface area contributed by atoms with Crippen molar-refractivity contribution in [3.8, 4) is 0 Å². The zero-order valence-corrected chi connectivity index (χ0v) is 11.5. The fourth-order valence-corrected chi connectivity index (χ4v) is 2.57. The van der Waals surface area contributed by atoms with E-state index in [2.05, 4.69) is 22.3 Å². The van der Waals surface area contributed by atoms with Crippen LogP contribution in [0.3, 0.4) is 0 Å². The van der Waals surface area contributed by atoms with Crippen molar-refractivity contribution in [3.63, 3.8) is 0 Å². The monoisotopic (exact) mass is 275 g/mol. The second-order valence-corrected chi connectivity index (χ2v) is 5.10. The molecular weight excluding hydrogens is 254 g/mol. The highest BCUT2D eigenvalue weighted by molar-refractivity contribution is 5.88. The van der Waals surface area contributed by atoms with Gasteiger partial charge in [-0.25, -0.2) is 0 Å². The third-order valence-electron chi connectivity index (χ3n) is 3.59. The Hall–Kier alpha value is -1.88. The van der Waals surface area contributed by atoms with E-state index in [9.17, 15) is 9.59 Å². The number of hydrogen-bond acceptors (Lipinski definition) is 3. The lowest BCUT2D eigenvalue weighted by Crippen LogP contribution is -2.56. The number of nitrogens with two attached hydrogens (primary N) is 1. The van der Waals surface area contributed by atoms with E-state index >= 15 is 0 Å². The maximum atomic E-state index is 11.8. The Balaban J connectivity index is 1.86. The average Bonchev–Trinajstić information content (AvgIpc) is 2.43. The highest BCUT2D eigenvalue weighted by Gasteiger charge is 2.30. The predicted octanol–water partition coefficient (Wildman–Crippen LogP) is 0.295. The molecule has 0 aromatic heterocycles. The molecule has 0 radical (unpaired) electrons. The summed E-state index contributed by atoms with van der Waals surface area (Å²) in [5.41, 5.74) is 6.51. The van der Waals surface area contributed by atoms with Crippen molar-refractivity contribution in [1.29, 1.82) is 0 Å². The Morgan fingerprint density at radius 3 is 2.80 bits per heavy atom. The van der Waals surface area contributed by atoms with Gasteiger partial charge in [0.25, 0.3) is 0 Å². The number of carbonyl (C=O) groups is 2. The first-order valence-corrected chi connectivity index (χ1v) is 7.01. The fourth-order valence-electron chi connectivity index (χ4n) is 2.57. The molecule has 108 valence electrons. The maximum absolute atomic E-state index is 11.8. The van der Waals surface area contributed by atoms with Gasteiger partial charge in [-0.15, -0.1) is 0 Å². The lowest BCUT2D eigenvalue weighted by Gasteiger charge is -2.34. The Morgan fingerprint density at radius 2 is 2.10 bits per heavy atom. The lowest BCUT2D eigenvalue weighted by molar-refractivity contribution is -0.133. The van der Waals surface area contributed by atoms with Crippen LogP contribution in [0.5, 0.6) is 0 Å². The molecule has 0 aliphatic carbocycles. The van der Waals surface area contributed by atoms with Crippen LogP contribution in [-0.4, -0.2) is 42.4 Å². The molecule has 2 amide bonds. The average molecular weight is 275 g/mol. The standard InChI is InChI=1S/C15H21N3O2/c16-14(19)11-13-15(20)17-8-10-18(13)9-4-7-12-5-2-1-3-6-12/h1-3,5-6,13H,4,7-11H2,(H2,16,19)(H,17,20)/t13-/m0/s1. The van der Waals surface area contributed by atoms with E-state index in [0.717, 1.165) is 25.9 Å². The van der Waals surface area contributed by atoms with Crippen molar-refractivity contribution < 1.29 is 9.59 Å². The SMILES string of the molecule is NC(=O)C[C@H]1C(=O)NCCN1CCCc1ccccc1. The fraction of sp³-hybridized carbons (Fsp3) is 0.467. The van der Waals surface area contributed by atoms with Gasteiger partial charge in [-0.3, -0.25) is 14.5 Å². The molecule has 1 aliphatic rings. The molecule has 2 rings (SSSR count). The van der Waals surface area contributed by atoms with Gasteiger partial charge in [0.1, 0.15) is 0 Å². The summed E-state index contributed by atoms with van der Waals surface area (Å²) in [6.45, 7) is 2.22. The minimum atomic E-state index is -0.430. The van der Waals surface area contributed by atoms with E-state index < -0.39 is 11.9 Å². The number of aryl methyl sites for hydroxylation is 1. The van der Waals surface area contributed by atoms with Crippen molar-refractivity contribution in [3.05, 3.63) is 35.9 Å². The molecule has 5 heteroatoms. The maximum Gasteiger partial charge on any atom is 0.237 e. The summed E-state index contributed by atoms with van der Waals surface area (Å²) in [7, 11) is 0. The molecule has 1 aromatic rings. The highest BCUT2D eigenvalue weighted by atomic mass is 16.2. The predicted molar refractivity (Wildman–Crippen MR) is 76.9 cm³/mol. The Kier molecular flexibility index (Phi) is 5.12. The summed E-state index contributed by atoms with van der Waals surface area (Å²) >= 11 is 0. The van der Waals surface area contributed by atoms with Gasteiger partial charge in [-0.1, -0.05) is 30.3 Å². The van der Waals surface area contributed by atoms with Crippen molar-refractivity contribution in [2.45, 2.75) is 25.3 Å². The number of carbonyl (C=O) groups excluding carboxylic acids is 2. The third kappa shape index (κ3) is 4.06. The number of rotatable bonds is 6. The summed E-state index contributed by atoms with van der Waals surface area (Å²) in [5, 5.41) is 2.79. The Labute approximate surface area is 119 Å². The second kappa shape index (κ2) is 7.05. The van der Waals surface area contributed by atoms with Crippen LogP contribution in [0.4, 0.5) is 0 Å². The molecule has 1 fully saturated rings. The van der Waals surface area contributed by atoms with E-state index in [0.29, 0.717) is 6.54 Å². The summed E-state index contributed by atoms with van der Waals surface area (Å²) < 4.78 is 0. The number of nitrogens with zero attached hydrogens (tertiary/aromatic N) is 1. The van der Waals surface area contributed by atoms with E-state index in [1.807, 2.05) is 18.2 Å². The first kappa shape index (κ1) is 14.5. The van der Waals surface area contributed by atoms with Gasteiger partial charge < -0.3 is 11.1 Å². The normalized spacial score (nSPS) is 19.6. The second-order valence-electron chi connectivity index (χ2n) is 5.10. The van der Waals surface area contributed by atoms with Crippen LogP contribution < -0.4 is 11.1 Å². The van der Waals surface area contributed by atoms with Crippen LogP contribution in [0.1, 0.15) is 18.4 Å². The van der Waals surface area contributed by atoms with Gasteiger partial charge in [-0.05, 0) is 24.9 Å². The molecular formula is C15H21N3O2. The van der Waals surface area contributed by atoms with Gasteiger partial charge in [0.15, 0.2) is 0 Å². The molecule has 0 bridgehead atoms. The van der Waals surface area contributed by atoms with Gasteiger partial charge in [0.05, 0.1) is 12.5 Å². The zero-order valence-electron chi connectivity index (χ0n) is 11.5.